The Morgan fingerprint density at radius 2 is 2.15 bits per heavy atom. The van der Waals surface area contributed by atoms with Crippen molar-refractivity contribution in [3.8, 4) is 0 Å². The average molecular weight is 407 g/mol. The molecule has 0 bridgehead atoms. The highest BCUT2D eigenvalue weighted by Crippen LogP contribution is 2.38. The Morgan fingerprint density at radius 1 is 1.50 bits per heavy atom. The van der Waals surface area contributed by atoms with Crippen molar-refractivity contribution < 1.29 is 9.53 Å². The summed E-state index contributed by atoms with van der Waals surface area (Å²) in [5.41, 5.74) is 0.917. The number of aromatic nitrogens is 1. The summed E-state index contributed by atoms with van der Waals surface area (Å²) in [7, 11) is 1.35. The van der Waals surface area contributed by atoms with Gasteiger partial charge in [0.15, 0.2) is 0 Å². The van der Waals surface area contributed by atoms with E-state index in [1.165, 1.54) is 20.0 Å². The molecule has 2 rings (SSSR count). The second kappa shape index (κ2) is 6.89. The van der Waals surface area contributed by atoms with Gasteiger partial charge in [0.2, 0.25) is 0 Å². The van der Waals surface area contributed by atoms with Crippen molar-refractivity contribution in [2.45, 2.75) is 31.6 Å². The first-order valence-corrected chi connectivity index (χ1v) is 8.57. The van der Waals surface area contributed by atoms with Crippen LogP contribution in [0, 0.1) is 5.92 Å². The van der Waals surface area contributed by atoms with Gasteiger partial charge in [-0.15, -0.1) is 0 Å². The molecule has 20 heavy (non-hydrogen) atoms. The van der Waals surface area contributed by atoms with Crippen molar-refractivity contribution >= 4 is 37.8 Å². The van der Waals surface area contributed by atoms with Gasteiger partial charge in [-0.25, -0.2) is 4.79 Å². The molecule has 1 N–H and O–H groups in total. The summed E-state index contributed by atoms with van der Waals surface area (Å²) in [6, 6.07) is 1.56. The van der Waals surface area contributed by atoms with Crippen LogP contribution in [0.25, 0.3) is 0 Å². The number of pyridine rings is 1. The second-order valence-electron chi connectivity index (χ2n) is 5.07. The summed E-state index contributed by atoms with van der Waals surface area (Å²) in [6.45, 7) is 0. The highest BCUT2D eigenvalue weighted by atomic mass is 79.9. The molecule has 110 valence electrons. The minimum Gasteiger partial charge on any atom is -0.465 e. The van der Waals surface area contributed by atoms with Crippen molar-refractivity contribution in [3.63, 3.8) is 0 Å². The van der Waals surface area contributed by atoms with Crippen molar-refractivity contribution in [1.82, 2.24) is 4.98 Å². The minimum atomic E-state index is -0.416. The molecule has 1 saturated carbocycles. The molecule has 1 aromatic rings. The number of halogens is 2. The van der Waals surface area contributed by atoms with E-state index in [9.17, 15) is 9.59 Å². The third-order valence-corrected chi connectivity index (χ3v) is 5.22. The first-order valence-electron chi connectivity index (χ1n) is 6.65. The molecule has 0 aromatic carbocycles. The summed E-state index contributed by atoms with van der Waals surface area (Å²) in [5.74, 6) is 0.211. The molecule has 1 aliphatic carbocycles. The fourth-order valence-corrected chi connectivity index (χ4v) is 4.07. The Kier molecular flexibility index (Phi) is 5.43. The highest BCUT2D eigenvalue weighted by molar-refractivity contribution is 9.10. The first kappa shape index (κ1) is 15.8. The van der Waals surface area contributed by atoms with Crippen molar-refractivity contribution in [2.75, 3.05) is 12.4 Å². The van der Waals surface area contributed by atoms with Gasteiger partial charge in [-0.1, -0.05) is 28.8 Å². The number of ether oxygens (including phenoxy) is 1. The number of methoxy groups -OCH3 is 1. The maximum Gasteiger partial charge on any atom is 0.339 e. The number of carbonyl (C=O) groups is 1. The summed E-state index contributed by atoms with van der Waals surface area (Å²) in [6.07, 6.45) is 4.69. The van der Waals surface area contributed by atoms with Gasteiger partial charge in [-0.3, -0.25) is 4.79 Å². The number of rotatable bonds is 4. The van der Waals surface area contributed by atoms with Crippen LogP contribution in [0.5, 0.6) is 0 Å². The molecule has 0 aliphatic heterocycles. The lowest BCUT2D eigenvalue weighted by atomic mass is 9.87. The van der Waals surface area contributed by atoms with Crippen LogP contribution in [0.2, 0.25) is 0 Å². The summed E-state index contributed by atoms with van der Waals surface area (Å²) >= 11 is 6.69. The Bertz CT molecular complexity index is 550. The van der Waals surface area contributed by atoms with Crippen LogP contribution >= 0.6 is 31.9 Å². The normalized spacial score (nSPS) is 17.1. The number of aromatic amines is 1. The zero-order chi connectivity index (χ0) is 14.7. The molecule has 1 aromatic heterocycles. The van der Waals surface area contributed by atoms with E-state index in [0.717, 1.165) is 18.2 Å². The zero-order valence-electron chi connectivity index (χ0n) is 11.2. The maximum absolute atomic E-state index is 12.0. The molecule has 0 saturated heterocycles. The van der Waals surface area contributed by atoms with E-state index in [-0.39, 0.29) is 11.5 Å². The lowest BCUT2D eigenvalue weighted by Crippen LogP contribution is -2.23. The van der Waals surface area contributed by atoms with Crippen LogP contribution in [0.4, 0.5) is 0 Å². The molecule has 1 aliphatic rings. The van der Waals surface area contributed by atoms with E-state index < -0.39 is 5.97 Å². The minimum absolute atomic E-state index is 0.132. The largest absolute Gasteiger partial charge is 0.465 e. The standard InChI is InChI=1S/C14H17Br2NO3/c1-20-14(19)9-6-11(16)13(18)17-12(9)10(7-15)8-4-2-3-5-8/h6,8,10H,2-5,7H2,1H3,(H,17,18). The van der Waals surface area contributed by atoms with Gasteiger partial charge in [-0.05, 0) is 40.8 Å². The van der Waals surface area contributed by atoms with E-state index in [0.29, 0.717) is 21.6 Å². The van der Waals surface area contributed by atoms with Crippen LogP contribution in [0.15, 0.2) is 15.3 Å². The SMILES string of the molecule is COC(=O)c1cc(Br)c(=O)[nH]c1C(CBr)C1CCCC1. The van der Waals surface area contributed by atoms with Gasteiger partial charge in [0.05, 0.1) is 17.1 Å². The predicted molar refractivity (Wildman–Crippen MR) is 84.6 cm³/mol. The van der Waals surface area contributed by atoms with E-state index >= 15 is 0 Å². The van der Waals surface area contributed by atoms with Crippen LogP contribution in [-0.4, -0.2) is 23.4 Å². The molecule has 0 radical (unpaired) electrons. The Labute approximate surface area is 134 Å². The fourth-order valence-electron chi connectivity index (χ4n) is 2.89. The second-order valence-corrected chi connectivity index (χ2v) is 6.57. The molecule has 0 spiro atoms. The molecule has 1 fully saturated rings. The molecule has 1 unspecified atom stereocenters. The Balaban J connectivity index is 2.49. The van der Waals surface area contributed by atoms with E-state index in [2.05, 4.69) is 36.8 Å². The summed E-state index contributed by atoms with van der Waals surface area (Å²) in [4.78, 5) is 26.7. The van der Waals surface area contributed by atoms with E-state index in [1.54, 1.807) is 6.07 Å². The fraction of sp³-hybridized carbons (Fsp3) is 0.571. The third kappa shape index (κ3) is 3.17. The third-order valence-electron chi connectivity index (χ3n) is 3.94. The number of esters is 1. The predicted octanol–water partition coefficient (Wildman–Crippen LogP) is 3.59. The van der Waals surface area contributed by atoms with Gasteiger partial charge in [0, 0.05) is 16.9 Å². The number of carbonyl (C=O) groups excluding carboxylic acids is 1. The molecule has 1 atom stereocenters. The molecule has 4 nitrogen and oxygen atoms in total. The van der Waals surface area contributed by atoms with Gasteiger partial charge < -0.3 is 9.72 Å². The van der Waals surface area contributed by atoms with Crippen LogP contribution < -0.4 is 5.56 Å². The molecule has 0 amide bonds. The van der Waals surface area contributed by atoms with E-state index in [1.807, 2.05) is 0 Å². The quantitative estimate of drug-likeness (QED) is 0.613. The monoisotopic (exact) mass is 405 g/mol. The van der Waals surface area contributed by atoms with Crippen LogP contribution in [0.3, 0.4) is 0 Å². The topological polar surface area (TPSA) is 59.2 Å². The molecular formula is C14H17Br2NO3. The lowest BCUT2D eigenvalue weighted by molar-refractivity contribution is 0.0597. The Morgan fingerprint density at radius 3 is 2.70 bits per heavy atom. The van der Waals surface area contributed by atoms with Gasteiger partial charge in [0.25, 0.3) is 5.56 Å². The van der Waals surface area contributed by atoms with Crippen molar-refractivity contribution in [1.29, 1.82) is 0 Å². The van der Waals surface area contributed by atoms with Crippen LogP contribution in [0.1, 0.15) is 47.7 Å². The van der Waals surface area contributed by atoms with Gasteiger partial charge >= 0.3 is 5.97 Å². The molecular weight excluding hydrogens is 390 g/mol. The number of H-pyrrole nitrogens is 1. The number of alkyl halides is 1. The average Bonchev–Trinajstić information content (AvgIpc) is 2.96. The highest BCUT2D eigenvalue weighted by Gasteiger charge is 2.30. The van der Waals surface area contributed by atoms with Crippen LogP contribution in [-0.2, 0) is 4.74 Å². The number of hydrogen-bond acceptors (Lipinski definition) is 3. The van der Waals surface area contributed by atoms with Gasteiger partial charge in [-0.2, -0.15) is 0 Å². The smallest absolute Gasteiger partial charge is 0.339 e. The Hall–Kier alpha value is -0.620. The summed E-state index contributed by atoms with van der Waals surface area (Å²) in [5, 5.41) is 0.721. The number of hydrogen-bond donors (Lipinski definition) is 1. The van der Waals surface area contributed by atoms with Gasteiger partial charge in [0.1, 0.15) is 0 Å². The summed E-state index contributed by atoms with van der Waals surface area (Å²) < 4.78 is 5.18. The number of nitrogens with one attached hydrogen (secondary N) is 1. The lowest BCUT2D eigenvalue weighted by Gasteiger charge is -2.23. The van der Waals surface area contributed by atoms with Crippen molar-refractivity contribution in [3.05, 3.63) is 32.2 Å². The zero-order valence-corrected chi connectivity index (χ0v) is 14.4. The molecule has 6 heteroatoms. The molecule has 1 heterocycles. The maximum atomic E-state index is 12.0. The van der Waals surface area contributed by atoms with Crippen molar-refractivity contribution in [2.24, 2.45) is 5.92 Å². The first-order chi connectivity index (χ1) is 9.58. The van der Waals surface area contributed by atoms with E-state index in [4.69, 9.17) is 4.74 Å².